The molecule has 0 radical (unpaired) electrons. The van der Waals surface area contributed by atoms with Crippen LogP contribution < -0.4 is 0 Å². The predicted octanol–water partition coefficient (Wildman–Crippen LogP) is -1.25. The maximum Gasteiger partial charge on any atom is 0.176 e. The summed E-state index contributed by atoms with van der Waals surface area (Å²) in [5.74, 6) is -0.0770. The van der Waals surface area contributed by atoms with Crippen LogP contribution in [-0.4, -0.2) is 40.0 Å². The van der Waals surface area contributed by atoms with Crippen LogP contribution in [0.2, 0.25) is 0 Å². The number of aliphatic imine (C=N–C) groups is 1. The SMILES string of the molecule is CC1C=NC(C(O)O)C1O. The van der Waals surface area contributed by atoms with E-state index in [1.54, 1.807) is 6.92 Å². The van der Waals surface area contributed by atoms with Crippen LogP contribution in [0, 0.1) is 5.92 Å². The largest absolute Gasteiger partial charge is 0.390 e. The maximum absolute atomic E-state index is 9.18. The van der Waals surface area contributed by atoms with Gasteiger partial charge < -0.3 is 15.3 Å². The molecule has 0 aliphatic carbocycles. The van der Waals surface area contributed by atoms with Gasteiger partial charge in [-0.15, -0.1) is 0 Å². The van der Waals surface area contributed by atoms with Crippen LogP contribution in [0.1, 0.15) is 6.92 Å². The van der Waals surface area contributed by atoms with Crippen molar-refractivity contribution >= 4 is 6.21 Å². The second-order valence-corrected chi connectivity index (χ2v) is 2.55. The van der Waals surface area contributed by atoms with E-state index in [1.807, 2.05) is 0 Å². The van der Waals surface area contributed by atoms with E-state index < -0.39 is 18.4 Å². The third-order valence-corrected chi connectivity index (χ3v) is 1.69. The molecule has 1 aliphatic heterocycles. The van der Waals surface area contributed by atoms with Gasteiger partial charge in [-0.05, 0) is 0 Å². The molecule has 0 saturated carbocycles. The van der Waals surface area contributed by atoms with Gasteiger partial charge in [0.05, 0.1) is 6.10 Å². The highest BCUT2D eigenvalue weighted by molar-refractivity contribution is 5.64. The lowest BCUT2D eigenvalue weighted by molar-refractivity contribution is -0.0846. The van der Waals surface area contributed by atoms with Crippen LogP contribution >= 0.6 is 0 Å². The Labute approximate surface area is 58.8 Å². The average molecular weight is 145 g/mol. The Kier molecular flexibility index (Phi) is 2.03. The van der Waals surface area contributed by atoms with Crippen molar-refractivity contribution in [1.29, 1.82) is 0 Å². The number of aliphatic hydroxyl groups excluding tert-OH is 2. The summed E-state index contributed by atoms with van der Waals surface area (Å²) in [5, 5.41) is 26.4. The summed E-state index contributed by atoms with van der Waals surface area (Å²) in [6.45, 7) is 1.77. The summed E-state index contributed by atoms with van der Waals surface area (Å²) in [5.41, 5.74) is 0. The fourth-order valence-corrected chi connectivity index (χ4v) is 0.976. The molecule has 0 fully saturated rings. The second-order valence-electron chi connectivity index (χ2n) is 2.55. The number of hydrogen-bond acceptors (Lipinski definition) is 4. The van der Waals surface area contributed by atoms with Crippen LogP contribution in [-0.2, 0) is 0 Å². The maximum atomic E-state index is 9.18. The zero-order valence-electron chi connectivity index (χ0n) is 5.68. The lowest BCUT2D eigenvalue weighted by Crippen LogP contribution is -2.35. The molecule has 0 amide bonds. The fraction of sp³-hybridized carbons (Fsp3) is 0.833. The first-order chi connectivity index (χ1) is 4.63. The predicted molar refractivity (Wildman–Crippen MR) is 35.7 cm³/mol. The van der Waals surface area contributed by atoms with Crippen LogP contribution in [0.4, 0.5) is 0 Å². The van der Waals surface area contributed by atoms with Gasteiger partial charge in [-0.25, -0.2) is 0 Å². The van der Waals surface area contributed by atoms with Crippen LogP contribution in [0.15, 0.2) is 4.99 Å². The molecule has 3 unspecified atom stereocenters. The lowest BCUT2D eigenvalue weighted by Gasteiger charge is -2.16. The van der Waals surface area contributed by atoms with E-state index in [9.17, 15) is 5.11 Å². The summed E-state index contributed by atoms with van der Waals surface area (Å²) < 4.78 is 0. The van der Waals surface area contributed by atoms with Gasteiger partial charge in [-0.2, -0.15) is 0 Å². The summed E-state index contributed by atoms with van der Waals surface area (Å²) in [6.07, 6.45) is -0.759. The van der Waals surface area contributed by atoms with Crippen molar-refractivity contribution in [3.8, 4) is 0 Å². The molecule has 4 heteroatoms. The van der Waals surface area contributed by atoms with Gasteiger partial charge in [0.2, 0.25) is 0 Å². The summed E-state index contributed by atoms with van der Waals surface area (Å²) in [7, 11) is 0. The summed E-state index contributed by atoms with van der Waals surface area (Å²) in [6, 6.07) is -0.755. The Morgan fingerprint density at radius 3 is 2.30 bits per heavy atom. The van der Waals surface area contributed by atoms with Gasteiger partial charge in [0.15, 0.2) is 6.29 Å². The molecular formula is C6H11NO3. The number of nitrogens with zero attached hydrogens (tertiary/aromatic N) is 1. The molecule has 10 heavy (non-hydrogen) atoms. The van der Waals surface area contributed by atoms with Crippen molar-refractivity contribution in [3.05, 3.63) is 0 Å². The number of aliphatic hydroxyl groups is 3. The first-order valence-corrected chi connectivity index (χ1v) is 3.20. The zero-order chi connectivity index (χ0) is 7.72. The summed E-state index contributed by atoms with van der Waals surface area (Å²) in [4.78, 5) is 3.72. The molecular weight excluding hydrogens is 134 g/mol. The minimum atomic E-state index is -1.55. The molecule has 58 valence electrons. The van der Waals surface area contributed by atoms with Crippen molar-refractivity contribution in [2.75, 3.05) is 0 Å². The first-order valence-electron chi connectivity index (χ1n) is 3.20. The average Bonchev–Trinajstić information content (AvgIpc) is 2.14. The molecule has 1 rings (SSSR count). The molecule has 0 saturated heterocycles. The van der Waals surface area contributed by atoms with Gasteiger partial charge in [0.1, 0.15) is 6.04 Å². The molecule has 0 bridgehead atoms. The Balaban J connectivity index is 2.58. The standard InChI is InChI=1S/C6H11NO3/c1-3-2-7-4(5(3)8)6(9)10/h2-6,8-10H,1H3. The quantitative estimate of drug-likeness (QED) is 0.403. The van der Waals surface area contributed by atoms with Crippen LogP contribution in [0.25, 0.3) is 0 Å². The number of rotatable bonds is 1. The van der Waals surface area contributed by atoms with Gasteiger partial charge in [-0.3, -0.25) is 4.99 Å². The highest BCUT2D eigenvalue weighted by Gasteiger charge is 2.32. The van der Waals surface area contributed by atoms with Crippen molar-refractivity contribution in [3.63, 3.8) is 0 Å². The Morgan fingerprint density at radius 2 is 2.10 bits per heavy atom. The minimum Gasteiger partial charge on any atom is -0.390 e. The monoisotopic (exact) mass is 145 g/mol. The molecule has 0 spiro atoms. The lowest BCUT2D eigenvalue weighted by atomic mass is 10.0. The smallest absolute Gasteiger partial charge is 0.176 e. The molecule has 3 atom stereocenters. The van der Waals surface area contributed by atoms with Crippen LogP contribution in [0.3, 0.4) is 0 Å². The zero-order valence-corrected chi connectivity index (χ0v) is 5.68. The Hall–Kier alpha value is -0.450. The van der Waals surface area contributed by atoms with Gasteiger partial charge in [0, 0.05) is 12.1 Å². The van der Waals surface area contributed by atoms with E-state index in [2.05, 4.69) is 4.99 Å². The Morgan fingerprint density at radius 1 is 1.50 bits per heavy atom. The molecule has 0 aromatic rings. The van der Waals surface area contributed by atoms with Crippen molar-refractivity contribution in [2.24, 2.45) is 10.9 Å². The first kappa shape index (κ1) is 7.65. The second kappa shape index (κ2) is 2.65. The molecule has 1 aliphatic rings. The topological polar surface area (TPSA) is 73.1 Å². The summed E-state index contributed by atoms with van der Waals surface area (Å²) >= 11 is 0. The van der Waals surface area contributed by atoms with E-state index >= 15 is 0 Å². The van der Waals surface area contributed by atoms with Gasteiger partial charge in [0.25, 0.3) is 0 Å². The third kappa shape index (κ3) is 1.18. The number of hydrogen-bond donors (Lipinski definition) is 3. The van der Waals surface area contributed by atoms with E-state index in [0.29, 0.717) is 0 Å². The molecule has 4 nitrogen and oxygen atoms in total. The minimum absolute atomic E-state index is 0.0770. The third-order valence-electron chi connectivity index (χ3n) is 1.69. The van der Waals surface area contributed by atoms with Crippen molar-refractivity contribution in [1.82, 2.24) is 0 Å². The van der Waals surface area contributed by atoms with E-state index in [0.717, 1.165) is 0 Å². The molecule has 3 N–H and O–H groups in total. The van der Waals surface area contributed by atoms with E-state index in [4.69, 9.17) is 10.2 Å². The fourth-order valence-electron chi connectivity index (χ4n) is 0.976. The molecule has 0 aromatic heterocycles. The van der Waals surface area contributed by atoms with E-state index in [-0.39, 0.29) is 5.92 Å². The molecule has 1 heterocycles. The van der Waals surface area contributed by atoms with E-state index in [1.165, 1.54) is 6.21 Å². The Bertz CT molecular complexity index is 146. The highest BCUT2D eigenvalue weighted by Crippen LogP contribution is 2.17. The molecule has 0 aromatic carbocycles. The van der Waals surface area contributed by atoms with Crippen molar-refractivity contribution in [2.45, 2.75) is 25.4 Å². The van der Waals surface area contributed by atoms with Crippen molar-refractivity contribution < 1.29 is 15.3 Å². The van der Waals surface area contributed by atoms with Crippen LogP contribution in [0.5, 0.6) is 0 Å². The van der Waals surface area contributed by atoms with Gasteiger partial charge in [-0.1, -0.05) is 6.92 Å². The van der Waals surface area contributed by atoms with Gasteiger partial charge >= 0.3 is 0 Å². The highest BCUT2D eigenvalue weighted by atomic mass is 16.5. The normalized spacial score (nSPS) is 39.5.